The van der Waals surface area contributed by atoms with E-state index in [-0.39, 0.29) is 0 Å². The molecule has 1 aromatic heterocycles. The van der Waals surface area contributed by atoms with Crippen LogP contribution in [-0.2, 0) is 0 Å². The molecule has 0 saturated heterocycles. The van der Waals surface area contributed by atoms with Crippen LogP contribution in [0.1, 0.15) is 5.56 Å². The third-order valence-corrected chi connectivity index (χ3v) is 5.02. The third kappa shape index (κ3) is 3.60. The lowest BCUT2D eigenvalue weighted by atomic mass is 10.2. The van der Waals surface area contributed by atoms with Gasteiger partial charge in [0.25, 0.3) is 0 Å². The zero-order valence-electron chi connectivity index (χ0n) is 13.6. The van der Waals surface area contributed by atoms with E-state index in [0.717, 1.165) is 37.4 Å². The number of anilines is 4. The van der Waals surface area contributed by atoms with Crippen LogP contribution in [0.25, 0.3) is 10.2 Å². The molecule has 0 bridgehead atoms. The first-order valence-electron chi connectivity index (χ1n) is 7.93. The number of aryl methyl sites for hydroxylation is 1. The van der Waals surface area contributed by atoms with Crippen LogP contribution in [0.5, 0.6) is 0 Å². The van der Waals surface area contributed by atoms with Crippen molar-refractivity contribution in [2.24, 2.45) is 0 Å². The number of nitrogens with zero attached hydrogens (tertiary/aromatic N) is 1. The van der Waals surface area contributed by atoms with Crippen molar-refractivity contribution in [1.29, 1.82) is 0 Å². The van der Waals surface area contributed by atoms with Gasteiger partial charge in [-0.25, -0.2) is 4.98 Å². The molecule has 1 heterocycles. The van der Waals surface area contributed by atoms with E-state index >= 15 is 0 Å². The zero-order valence-corrected chi connectivity index (χ0v) is 15.2. The number of aromatic nitrogens is 1. The van der Waals surface area contributed by atoms with Gasteiger partial charge < -0.3 is 10.6 Å². The predicted molar refractivity (Wildman–Crippen MR) is 109 cm³/mol. The molecular formula is C20H16ClN3S. The highest BCUT2D eigenvalue weighted by atomic mass is 35.5. The maximum atomic E-state index is 6.06. The number of thiazole rings is 1. The van der Waals surface area contributed by atoms with Gasteiger partial charge in [-0.2, -0.15) is 0 Å². The Hall–Kier alpha value is -2.56. The maximum Gasteiger partial charge on any atom is 0.188 e. The van der Waals surface area contributed by atoms with Gasteiger partial charge in [0.2, 0.25) is 0 Å². The van der Waals surface area contributed by atoms with Crippen LogP contribution < -0.4 is 10.6 Å². The second kappa shape index (κ2) is 6.75. The van der Waals surface area contributed by atoms with Gasteiger partial charge in [0.05, 0.1) is 21.6 Å². The Morgan fingerprint density at radius 3 is 2.36 bits per heavy atom. The summed E-state index contributed by atoms with van der Waals surface area (Å²) in [5, 5.41) is 8.44. The first-order valence-corrected chi connectivity index (χ1v) is 9.13. The van der Waals surface area contributed by atoms with E-state index < -0.39 is 0 Å². The minimum absolute atomic E-state index is 0.726. The smallest absolute Gasteiger partial charge is 0.188 e. The van der Waals surface area contributed by atoms with Crippen molar-refractivity contribution in [3.8, 4) is 0 Å². The number of benzene rings is 3. The van der Waals surface area contributed by atoms with E-state index in [9.17, 15) is 0 Å². The summed E-state index contributed by atoms with van der Waals surface area (Å²) in [5.41, 5.74) is 5.22. The average Bonchev–Trinajstić information content (AvgIpc) is 3.00. The standard InChI is InChI=1S/C20H16ClN3S/c1-13-6-9-15(10-7-13)22-16-4-2-3-5-17(16)23-20-24-18-11-8-14(21)12-19(18)25-20/h2-12,22H,1H3,(H,23,24). The van der Waals surface area contributed by atoms with E-state index in [0.29, 0.717) is 0 Å². The maximum absolute atomic E-state index is 6.06. The van der Waals surface area contributed by atoms with E-state index in [1.807, 2.05) is 42.5 Å². The van der Waals surface area contributed by atoms with Crippen molar-refractivity contribution in [3.63, 3.8) is 0 Å². The number of para-hydroxylation sites is 2. The van der Waals surface area contributed by atoms with Gasteiger partial charge >= 0.3 is 0 Å². The summed E-state index contributed by atoms with van der Waals surface area (Å²) in [7, 11) is 0. The lowest BCUT2D eigenvalue weighted by molar-refractivity contribution is 1.43. The Labute approximate surface area is 155 Å². The van der Waals surface area contributed by atoms with Gasteiger partial charge in [-0.1, -0.05) is 52.8 Å². The Morgan fingerprint density at radius 1 is 0.880 bits per heavy atom. The molecule has 4 aromatic rings. The molecule has 0 saturated carbocycles. The Morgan fingerprint density at radius 2 is 1.60 bits per heavy atom. The fourth-order valence-electron chi connectivity index (χ4n) is 2.56. The number of hydrogen-bond acceptors (Lipinski definition) is 4. The summed E-state index contributed by atoms with van der Waals surface area (Å²) in [6, 6.07) is 22.2. The van der Waals surface area contributed by atoms with Crippen molar-refractivity contribution in [2.75, 3.05) is 10.6 Å². The molecule has 0 unspecified atom stereocenters. The zero-order chi connectivity index (χ0) is 17.2. The first kappa shape index (κ1) is 15.9. The average molecular weight is 366 g/mol. The summed E-state index contributed by atoms with van der Waals surface area (Å²) < 4.78 is 1.07. The van der Waals surface area contributed by atoms with E-state index in [1.54, 1.807) is 11.3 Å². The van der Waals surface area contributed by atoms with Gasteiger partial charge in [-0.15, -0.1) is 0 Å². The summed E-state index contributed by atoms with van der Waals surface area (Å²) in [4.78, 5) is 4.63. The predicted octanol–water partition coefficient (Wildman–Crippen LogP) is 6.75. The lowest BCUT2D eigenvalue weighted by Gasteiger charge is -2.12. The molecule has 4 rings (SSSR count). The molecule has 0 atom stereocenters. The summed E-state index contributed by atoms with van der Waals surface area (Å²) in [6.45, 7) is 2.08. The van der Waals surface area contributed by atoms with Crippen molar-refractivity contribution >= 4 is 55.3 Å². The number of halogens is 1. The van der Waals surface area contributed by atoms with Crippen molar-refractivity contribution in [2.45, 2.75) is 6.92 Å². The first-order chi connectivity index (χ1) is 12.2. The van der Waals surface area contributed by atoms with Crippen LogP contribution in [-0.4, -0.2) is 4.98 Å². The monoisotopic (exact) mass is 365 g/mol. The Balaban J connectivity index is 1.62. The minimum atomic E-state index is 0.726. The molecule has 0 aliphatic heterocycles. The van der Waals surface area contributed by atoms with Gasteiger partial charge in [0.15, 0.2) is 5.13 Å². The number of rotatable bonds is 4. The molecular weight excluding hydrogens is 350 g/mol. The van der Waals surface area contributed by atoms with Crippen molar-refractivity contribution in [1.82, 2.24) is 4.98 Å². The second-order valence-electron chi connectivity index (χ2n) is 5.79. The van der Waals surface area contributed by atoms with E-state index in [2.05, 4.69) is 46.8 Å². The molecule has 3 nitrogen and oxygen atoms in total. The minimum Gasteiger partial charge on any atom is -0.354 e. The lowest BCUT2D eigenvalue weighted by Crippen LogP contribution is -1.97. The van der Waals surface area contributed by atoms with Crippen molar-refractivity contribution < 1.29 is 0 Å². The largest absolute Gasteiger partial charge is 0.354 e. The van der Waals surface area contributed by atoms with Crippen LogP contribution in [0.4, 0.5) is 22.2 Å². The van der Waals surface area contributed by atoms with Crippen LogP contribution in [0.2, 0.25) is 5.02 Å². The summed E-state index contributed by atoms with van der Waals surface area (Å²) in [6.07, 6.45) is 0. The third-order valence-electron chi connectivity index (χ3n) is 3.85. The van der Waals surface area contributed by atoms with Gasteiger partial charge in [0.1, 0.15) is 0 Å². The van der Waals surface area contributed by atoms with E-state index in [1.165, 1.54) is 5.56 Å². The second-order valence-corrected chi connectivity index (χ2v) is 7.26. The molecule has 25 heavy (non-hydrogen) atoms. The number of hydrogen-bond donors (Lipinski definition) is 2. The van der Waals surface area contributed by atoms with Crippen LogP contribution >= 0.6 is 22.9 Å². The highest BCUT2D eigenvalue weighted by Gasteiger charge is 2.07. The molecule has 0 radical (unpaired) electrons. The van der Waals surface area contributed by atoms with Gasteiger partial charge in [-0.3, -0.25) is 0 Å². The Bertz CT molecular complexity index is 1020. The highest BCUT2D eigenvalue weighted by Crippen LogP contribution is 2.33. The van der Waals surface area contributed by atoms with E-state index in [4.69, 9.17) is 11.6 Å². The molecule has 0 aliphatic rings. The SMILES string of the molecule is Cc1ccc(Nc2ccccc2Nc2nc3ccc(Cl)cc3s2)cc1. The molecule has 0 aliphatic carbocycles. The topological polar surface area (TPSA) is 37.0 Å². The van der Waals surface area contributed by atoms with Crippen molar-refractivity contribution in [3.05, 3.63) is 77.3 Å². The normalized spacial score (nSPS) is 10.8. The fourth-order valence-corrected chi connectivity index (χ4v) is 3.71. The number of fused-ring (bicyclic) bond motifs is 1. The molecule has 0 amide bonds. The fraction of sp³-hybridized carbons (Fsp3) is 0.0500. The molecule has 2 N–H and O–H groups in total. The molecule has 5 heteroatoms. The molecule has 0 fully saturated rings. The highest BCUT2D eigenvalue weighted by molar-refractivity contribution is 7.22. The molecule has 124 valence electrons. The quantitative estimate of drug-likeness (QED) is 0.420. The van der Waals surface area contributed by atoms with Gasteiger partial charge in [0, 0.05) is 10.7 Å². The van der Waals surface area contributed by atoms with Gasteiger partial charge in [-0.05, 0) is 49.4 Å². The number of nitrogens with one attached hydrogen (secondary N) is 2. The van der Waals surface area contributed by atoms with Crippen LogP contribution in [0.15, 0.2) is 66.7 Å². The summed E-state index contributed by atoms with van der Waals surface area (Å²) in [5.74, 6) is 0. The molecule has 3 aromatic carbocycles. The summed E-state index contributed by atoms with van der Waals surface area (Å²) >= 11 is 7.65. The van der Waals surface area contributed by atoms with Crippen LogP contribution in [0.3, 0.4) is 0 Å². The Kier molecular flexibility index (Phi) is 4.30. The molecule has 0 spiro atoms. The van der Waals surface area contributed by atoms with Crippen LogP contribution in [0, 0.1) is 6.92 Å².